The number of thioether (sulfide) groups is 1. The first kappa shape index (κ1) is 20.7. The zero-order valence-electron chi connectivity index (χ0n) is 16.2. The zero-order chi connectivity index (χ0) is 19.4. The molecular weight excluding hydrogens is 366 g/mol. The van der Waals surface area contributed by atoms with E-state index in [-0.39, 0.29) is 35.8 Å². The van der Waals surface area contributed by atoms with Gasteiger partial charge in [0.05, 0.1) is 12.1 Å². The fourth-order valence-electron chi connectivity index (χ4n) is 4.08. The molecule has 0 aromatic rings. The molecule has 0 saturated carbocycles. The minimum atomic E-state index is -1.49. The van der Waals surface area contributed by atoms with Gasteiger partial charge in [-0.1, -0.05) is 37.8 Å². The van der Waals surface area contributed by atoms with Crippen LogP contribution in [0.25, 0.3) is 0 Å². The van der Waals surface area contributed by atoms with E-state index in [2.05, 4.69) is 31.3 Å². The Morgan fingerprint density at radius 3 is 2.78 bits per heavy atom. The van der Waals surface area contributed by atoms with Gasteiger partial charge in [0.2, 0.25) is 0 Å². The molecule has 6 nitrogen and oxygen atoms in total. The van der Waals surface area contributed by atoms with Crippen LogP contribution < -0.4 is 5.32 Å². The highest BCUT2D eigenvalue weighted by Gasteiger charge is 2.49. The first-order valence-corrected chi connectivity index (χ1v) is 11.0. The van der Waals surface area contributed by atoms with E-state index in [0.717, 1.165) is 37.4 Å². The summed E-state index contributed by atoms with van der Waals surface area (Å²) >= 11 is 1.15. The molecule has 7 heteroatoms. The number of hydrogen-bond acceptors (Lipinski definition) is 6. The molecule has 0 spiro atoms. The van der Waals surface area contributed by atoms with E-state index >= 15 is 0 Å². The lowest BCUT2D eigenvalue weighted by molar-refractivity contribution is -0.284. The Kier molecular flexibility index (Phi) is 6.87. The van der Waals surface area contributed by atoms with E-state index < -0.39 is 11.8 Å². The highest BCUT2D eigenvalue weighted by atomic mass is 32.2. The third-order valence-corrected chi connectivity index (χ3v) is 6.56. The van der Waals surface area contributed by atoms with E-state index in [1.54, 1.807) is 0 Å². The Labute approximate surface area is 165 Å². The first-order valence-electron chi connectivity index (χ1n) is 10.0. The van der Waals surface area contributed by atoms with Gasteiger partial charge in [0, 0.05) is 25.0 Å². The van der Waals surface area contributed by atoms with Gasteiger partial charge in [-0.3, -0.25) is 9.59 Å². The number of carbonyl (C=O) groups excluding carboxylic acids is 2. The Balaban J connectivity index is 1.75. The zero-order valence-corrected chi connectivity index (χ0v) is 17.0. The van der Waals surface area contributed by atoms with Crippen LogP contribution in [0.1, 0.15) is 58.8 Å². The molecule has 2 fully saturated rings. The van der Waals surface area contributed by atoms with Gasteiger partial charge in [-0.05, 0) is 37.5 Å². The molecule has 0 aromatic carbocycles. The van der Waals surface area contributed by atoms with Crippen molar-refractivity contribution in [2.45, 2.75) is 82.8 Å². The predicted molar refractivity (Wildman–Crippen MR) is 104 cm³/mol. The number of nitrogens with one attached hydrogen (secondary N) is 1. The Morgan fingerprint density at radius 1 is 1.22 bits per heavy atom. The monoisotopic (exact) mass is 397 g/mol. The predicted octanol–water partition coefficient (Wildman–Crippen LogP) is 3.38. The third-order valence-electron chi connectivity index (χ3n) is 5.68. The number of carbonyl (C=O) groups is 2. The summed E-state index contributed by atoms with van der Waals surface area (Å²) in [7, 11) is 0. The number of fused-ring (bicyclic) bond motifs is 2. The Hall–Kier alpha value is -1.05. The molecule has 6 atom stereocenters. The van der Waals surface area contributed by atoms with Crippen LogP contribution in [-0.4, -0.2) is 46.1 Å². The molecule has 2 N–H and O–H groups in total. The highest BCUT2D eigenvalue weighted by Crippen LogP contribution is 2.37. The van der Waals surface area contributed by atoms with Crippen LogP contribution in [0, 0.1) is 11.8 Å². The van der Waals surface area contributed by atoms with Gasteiger partial charge >= 0.3 is 5.97 Å². The van der Waals surface area contributed by atoms with Gasteiger partial charge in [0.15, 0.2) is 5.79 Å². The van der Waals surface area contributed by atoms with Crippen LogP contribution in [0.3, 0.4) is 0 Å². The topological polar surface area (TPSA) is 84.9 Å². The molecule has 2 saturated heterocycles. The lowest BCUT2D eigenvalue weighted by atomic mass is 9.90. The second kappa shape index (κ2) is 8.97. The number of hydrogen-bond donors (Lipinski definition) is 2. The maximum atomic E-state index is 12.4. The molecule has 3 aliphatic heterocycles. The van der Waals surface area contributed by atoms with Crippen LogP contribution in [0.15, 0.2) is 12.2 Å². The van der Waals surface area contributed by atoms with Crippen molar-refractivity contribution >= 4 is 23.0 Å². The minimum Gasteiger partial charge on any atom is -0.462 e. The van der Waals surface area contributed by atoms with Crippen molar-refractivity contribution in [1.29, 1.82) is 0 Å². The lowest BCUT2D eigenvalue weighted by Crippen LogP contribution is -2.58. The maximum Gasteiger partial charge on any atom is 0.306 e. The average molecular weight is 398 g/mol. The van der Waals surface area contributed by atoms with Gasteiger partial charge in [0.25, 0.3) is 5.24 Å². The SMILES string of the molecule is C[C@@H]1CC/C=C\[C@@H](C)CC[C@@H]2C[C@H](C[C@](O)([C@@H]3CSC(=O)N3)O2)OC(=O)C1. The van der Waals surface area contributed by atoms with Gasteiger partial charge < -0.3 is 19.9 Å². The van der Waals surface area contributed by atoms with Crippen LogP contribution in [-0.2, 0) is 14.3 Å². The van der Waals surface area contributed by atoms with E-state index in [0.29, 0.717) is 24.5 Å². The minimum absolute atomic E-state index is 0.151. The summed E-state index contributed by atoms with van der Waals surface area (Å²) in [6.07, 6.45) is 8.69. The molecule has 3 rings (SSSR count). The van der Waals surface area contributed by atoms with E-state index in [9.17, 15) is 14.7 Å². The van der Waals surface area contributed by atoms with Crippen molar-refractivity contribution < 1.29 is 24.2 Å². The number of rotatable bonds is 1. The van der Waals surface area contributed by atoms with E-state index in [1.165, 1.54) is 0 Å². The van der Waals surface area contributed by atoms with Crippen LogP contribution in [0.5, 0.6) is 0 Å². The quantitative estimate of drug-likeness (QED) is 0.521. The summed E-state index contributed by atoms with van der Waals surface area (Å²) < 4.78 is 11.8. The van der Waals surface area contributed by atoms with Crippen LogP contribution in [0.4, 0.5) is 4.79 Å². The standard InChI is InChI=1S/C20H31NO5S/c1-13-5-3-4-6-14(2)9-18(22)25-16-10-15(8-7-13)26-20(24,11-16)17-12-27-19(23)21-17/h3,5,13-17,24H,4,6-12H2,1-2H3,(H,21,23)/b5-3-/t13-,14-,15-,16-,17+,20-/m1/s1. The van der Waals surface area contributed by atoms with E-state index in [4.69, 9.17) is 9.47 Å². The molecule has 3 heterocycles. The van der Waals surface area contributed by atoms with Gasteiger partial charge in [-0.15, -0.1) is 0 Å². The van der Waals surface area contributed by atoms with E-state index in [1.807, 2.05) is 0 Å². The summed E-state index contributed by atoms with van der Waals surface area (Å²) in [5.41, 5.74) is 0. The van der Waals surface area contributed by atoms with Crippen molar-refractivity contribution in [3.05, 3.63) is 12.2 Å². The van der Waals surface area contributed by atoms with Crippen molar-refractivity contribution in [3.8, 4) is 0 Å². The molecule has 3 aliphatic rings. The van der Waals surface area contributed by atoms with Gasteiger partial charge in [0.1, 0.15) is 6.10 Å². The third kappa shape index (κ3) is 5.72. The fourth-order valence-corrected chi connectivity index (χ4v) is 4.97. The summed E-state index contributed by atoms with van der Waals surface area (Å²) in [6.45, 7) is 4.25. The summed E-state index contributed by atoms with van der Waals surface area (Å²) in [5, 5.41) is 13.8. The molecule has 0 aromatic heterocycles. The number of ether oxygens (including phenoxy) is 2. The number of allylic oxidation sites excluding steroid dienone is 2. The van der Waals surface area contributed by atoms with Crippen molar-refractivity contribution in [3.63, 3.8) is 0 Å². The maximum absolute atomic E-state index is 12.4. The van der Waals surface area contributed by atoms with Crippen LogP contribution >= 0.6 is 11.8 Å². The molecule has 0 radical (unpaired) electrons. The molecule has 0 unspecified atom stereocenters. The number of aliphatic hydroxyl groups is 1. The fraction of sp³-hybridized carbons (Fsp3) is 0.800. The second-order valence-corrected chi connectivity index (χ2v) is 9.29. The van der Waals surface area contributed by atoms with Gasteiger partial charge in [-0.2, -0.15) is 0 Å². The second-order valence-electron chi connectivity index (χ2n) is 8.30. The average Bonchev–Trinajstić information content (AvgIpc) is 3.03. The normalized spacial score (nSPS) is 42.7. The number of amides is 1. The number of esters is 1. The molecule has 27 heavy (non-hydrogen) atoms. The smallest absolute Gasteiger partial charge is 0.306 e. The van der Waals surface area contributed by atoms with Crippen molar-refractivity contribution in [1.82, 2.24) is 5.32 Å². The summed E-state index contributed by atoms with van der Waals surface area (Å²) in [5.74, 6) is -0.548. The molecule has 0 aliphatic carbocycles. The summed E-state index contributed by atoms with van der Waals surface area (Å²) in [6, 6.07) is -0.478. The summed E-state index contributed by atoms with van der Waals surface area (Å²) in [4.78, 5) is 23.9. The Bertz CT molecular complexity index is 583. The van der Waals surface area contributed by atoms with Crippen molar-refractivity contribution in [2.75, 3.05) is 5.75 Å². The molecular formula is C20H31NO5S. The van der Waals surface area contributed by atoms with Crippen molar-refractivity contribution in [2.24, 2.45) is 11.8 Å². The molecule has 1 amide bonds. The van der Waals surface area contributed by atoms with Crippen LogP contribution in [0.2, 0.25) is 0 Å². The highest BCUT2D eigenvalue weighted by molar-refractivity contribution is 8.14. The Morgan fingerprint density at radius 2 is 2.04 bits per heavy atom. The largest absolute Gasteiger partial charge is 0.462 e. The molecule has 2 bridgehead atoms. The van der Waals surface area contributed by atoms with Gasteiger partial charge in [-0.25, -0.2) is 0 Å². The first-order chi connectivity index (χ1) is 12.8. The lowest BCUT2D eigenvalue weighted by Gasteiger charge is -2.43. The molecule has 152 valence electrons.